The van der Waals surface area contributed by atoms with Gasteiger partial charge >= 0.3 is 0 Å². The molecule has 1 aromatic heterocycles. The van der Waals surface area contributed by atoms with Crippen LogP contribution in [0.15, 0.2) is 22.8 Å². The first kappa shape index (κ1) is 14.9. The number of anilines is 1. The zero-order valence-corrected chi connectivity index (χ0v) is 13.8. The highest BCUT2D eigenvalue weighted by atomic mass is 79.9. The molecule has 2 rings (SSSR count). The van der Waals surface area contributed by atoms with E-state index in [0.717, 1.165) is 27.6 Å². The van der Waals surface area contributed by atoms with E-state index in [4.69, 9.17) is 12.2 Å². The number of aromatic nitrogens is 1. The van der Waals surface area contributed by atoms with Crippen molar-refractivity contribution in [2.45, 2.75) is 45.4 Å². The van der Waals surface area contributed by atoms with Crippen molar-refractivity contribution < 1.29 is 0 Å². The highest BCUT2D eigenvalue weighted by Crippen LogP contribution is 2.31. The van der Waals surface area contributed by atoms with Crippen LogP contribution >= 0.6 is 28.1 Å². The molecule has 1 aromatic rings. The maximum Gasteiger partial charge on any atom is 0.130 e. The fourth-order valence-corrected chi connectivity index (χ4v) is 3.41. The van der Waals surface area contributed by atoms with Gasteiger partial charge in [-0.15, -0.1) is 0 Å². The third kappa shape index (κ3) is 4.84. The highest BCUT2D eigenvalue weighted by molar-refractivity contribution is 9.10. The van der Waals surface area contributed by atoms with Crippen molar-refractivity contribution in [2.24, 2.45) is 11.8 Å². The molecule has 0 amide bonds. The van der Waals surface area contributed by atoms with Crippen LogP contribution in [0.2, 0.25) is 0 Å². The molecule has 1 heterocycles. The first-order valence-corrected chi connectivity index (χ1v) is 8.26. The van der Waals surface area contributed by atoms with Crippen LogP contribution in [-0.4, -0.2) is 9.97 Å². The van der Waals surface area contributed by atoms with Gasteiger partial charge in [0.2, 0.25) is 0 Å². The fourth-order valence-electron chi connectivity index (χ4n) is 2.81. The molecule has 0 spiro atoms. The maximum absolute atomic E-state index is 5.45. The third-order valence-corrected chi connectivity index (χ3v) is 4.69. The van der Waals surface area contributed by atoms with Crippen LogP contribution in [0.4, 0.5) is 5.82 Å². The molecule has 104 valence electrons. The molecular formula is C15H21BrN2S. The van der Waals surface area contributed by atoms with Gasteiger partial charge in [-0.3, -0.25) is 0 Å². The molecule has 0 unspecified atom stereocenters. The quantitative estimate of drug-likeness (QED) is 0.763. The zero-order chi connectivity index (χ0) is 13.7. The van der Waals surface area contributed by atoms with Crippen molar-refractivity contribution in [3.05, 3.63) is 22.8 Å². The Morgan fingerprint density at radius 3 is 2.79 bits per heavy atom. The Morgan fingerprint density at radius 1 is 1.42 bits per heavy atom. The minimum Gasteiger partial charge on any atom is -0.335 e. The smallest absolute Gasteiger partial charge is 0.130 e. The van der Waals surface area contributed by atoms with Gasteiger partial charge in [-0.1, -0.05) is 51.2 Å². The van der Waals surface area contributed by atoms with Crippen molar-refractivity contribution in [3.63, 3.8) is 0 Å². The van der Waals surface area contributed by atoms with Crippen LogP contribution in [0.1, 0.15) is 45.4 Å². The SMILES string of the molecule is C[C@H](CC(=S)Nc1ccc(Br)cn1)C1CCCCC1. The lowest BCUT2D eigenvalue weighted by atomic mass is 9.79. The van der Waals surface area contributed by atoms with Crippen LogP contribution in [0, 0.1) is 11.8 Å². The normalized spacial score (nSPS) is 18.0. The Balaban J connectivity index is 1.81. The Hall–Kier alpha value is -0.480. The minimum atomic E-state index is 0.677. The van der Waals surface area contributed by atoms with Gasteiger partial charge < -0.3 is 5.32 Å². The number of hydrogen-bond acceptors (Lipinski definition) is 2. The number of hydrogen-bond donors (Lipinski definition) is 1. The zero-order valence-electron chi connectivity index (χ0n) is 11.4. The molecule has 1 fully saturated rings. The Labute approximate surface area is 129 Å². The predicted molar refractivity (Wildman–Crippen MR) is 88.5 cm³/mol. The number of nitrogens with one attached hydrogen (secondary N) is 1. The molecule has 2 nitrogen and oxygen atoms in total. The van der Waals surface area contributed by atoms with E-state index < -0.39 is 0 Å². The second-order valence-electron chi connectivity index (χ2n) is 5.49. The number of nitrogens with zero attached hydrogens (tertiary/aromatic N) is 1. The molecule has 1 aliphatic rings. The van der Waals surface area contributed by atoms with Gasteiger partial charge in [-0.25, -0.2) is 4.98 Å². The van der Waals surface area contributed by atoms with Crippen LogP contribution in [-0.2, 0) is 0 Å². The summed E-state index contributed by atoms with van der Waals surface area (Å²) in [5.74, 6) is 2.37. The molecule has 4 heteroatoms. The lowest BCUT2D eigenvalue weighted by molar-refractivity contribution is 0.269. The summed E-state index contributed by atoms with van der Waals surface area (Å²) in [4.78, 5) is 5.20. The van der Waals surface area contributed by atoms with Gasteiger partial charge in [0.25, 0.3) is 0 Å². The molecule has 0 radical (unpaired) electrons. The predicted octanol–water partition coefficient (Wildman–Crippen LogP) is 5.19. The monoisotopic (exact) mass is 340 g/mol. The Kier molecular flexibility index (Phi) is 5.76. The Morgan fingerprint density at radius 2 is 2.16 bits per heavy atom. The molecule has 0 bridgehead atoms. The van der Waals surface area contributed by atoms with Crippen LogP contribution in [0.3, 0.4) is 0 Å². The van der Waals surface area contributed by atoms with Gasteiger partial charge in [0.15, 0.2) is 0 Å². The van der Waals surface area contributed by atoms with Crippen molar-refractivity contribution >= 4 is 39.0 Å². The second kappa shape index (κ2) is 7.34. The molecule has 0 saturated heterocycles. The van der Waals surface area contributed by atoms with Gasteiger partial charge in [0.1, 0.15) is 5.82 Å². The summed E-state index contributed by atoms with van der Waals surface area (Å²) in [7, 11) is 0. The van der Waals surface area contributed by atoms with Crippen LogP contribution in [0.25, 0.3) is 0 Å². The molecule has 1 N–H and O–H groups in total. The maximum atomic E-state index is 5.45. The van der Waals surface area contributed by atoms with Gasteiger partial charge in [-0.05, 0) is 39.9 Å². The summed E-state index contributed by atoms with van der Waals surface area (Å²) in [6, 6.07) is 3.92. The van der Waals surface area contributed by atoms with Crippen molar-refractivity contribution in [1.82, 2.24) is 4.98 Å². The van der Waals surface area contributed by atoms with Crippen molar-refractivity contribution in [1.29, 1.82) is 0 Å². The first-order chi connectivity index (χ1) is 9.15. The van der Waals surface area contributed by atoms with Gasteiger partial charge in [0.05, 0.1) is 4.99 Å². The largest absolute Gasteiger partial charge is 0.335 e. The second-order valence-corrected chi connectivity index (χ2v) is 6.90. The topological polar surface area (TPSA) is 24.9 Å². The molecular weight excluding hydrogens is 320 g/mol. The summed E-state index contributed by atoms with van der Waals surface area (Å²) in [5.41, 5.74) is 0. The van der Waals surface area contributed by atoms with Crippen molar-refractivity contribution in [3.8, 4) is 0 Å². The first-order valence-electron chi connectivity index (χ1n) is 7.06. The standard InChI is InChI=1S/C15H21BrN2S/c1-11(12-5-3-2-4-6-12)9-15(19)18-14-8-7-13(16)10-17-14/h7-8,10-12H,2-6,9H2,1H3,(H,17,18,19)/t11-/m1/s1. The summed E-state index contributed by atoms with van der Waals surface area (Å²) in [6.07, 6.45) is 9.70. The van der Waals surface area contributed by atoms with Crippen LogP contribution in [0.5, 0.6) is 0 Å². The minimum absolute atomic E-state index is 0.677. The molecule has 19 heavy (non-hydrogen) atoms. The fraction of sp³-hybridized carbons (Fsp3) is 0.600. The van der Waals surface area contributed by atoms with E-state index in [1.54, 1.807) is 6.20 Å². The summed E-state index contributed by atoms with van der Waals surface area (Å²) in [5, 5.41) is 3.24. The molecule has 1 saturated carbocycles. The van der Waals surface area contributed by atoms with E-state index >= 15 is 0 Å². The van der Waals surface area contributed by atoms with Gasteiger partial charge in [-0.2, -0.15) is 0 Å². The third-order valence-electron chi connectivity index (χ3n) is 3.96. The van der Waals surface area contributed by atoms with E-state index in [2.05, 4.69) is 33.2 Å². The van der Waals surface area contributed by atoms with E-state index in [0.29, 0.717) is 5.92 Å². The average molecular weight is 341 g/mol. The average Bonchev–Trinajstić information content (AvgIpc) is 2.42. The highest BCUT2D eigenvalue weighted by Gasteiger charge is 2.20. The van der Waals surface area contributed by atoms with Crippen molar-refractivity contribution in [2.75, 3.05) is 5.32 Å². The van der Waals surface area contributed by atoms with Gasteiger partial charge in [0, 0.05) is 17.1 Å². The molecule has 0 aromatic carbocycles. The molecule has 1 aliphatic carbocycles. The lowest BCUT2D eigenvalue weighted by Gasteiger charge is -2.27. The Bertz CT molecular complexity index is 413. The van der Waals surface area contributed by atoms with E-state index in [9.17, 15) is 0 Å². The lowest BCUT2D eigenvalue weighted by Crippen LogP contribution is -2.21. The number of pyridine rings is 1. The number of rotatable bonds is 4. The number of thiocarbonyl (C=S) groups is 1. The molecule has 0 aliphatic heterocycles. The number of halogens is 1. The summed E-state index contributed by atoms with van der Waals surface area (Å²) in [6.45, 7) is 2.33. The van der Waals surface area contributed by atoms with Crippen LogP contribution < -0.4 is 5.32 Å². The molecule has 1 atom stereocenters. The summed E-state index contributed by atoms with van der Waals surface area (Å²) < 4.78 is 0.986. The van der Waals surface area contributed by atoms with E-state index in [1.807, 2.05) is 12.1 Å². The van der Waals surface area contributed by atoms with E-state index in [-0.39, 0.29) is 0 Å². The summed E-state index contributed by atoms with van der Waals surface area (Å²) >= 11 is 8.83. The van der Waals surface area contributed by atoms with E-state index in [1.165, 1.54) is 32.1 Å².